The van der Waals surface area contributed by atoms with E-state index in [9.17, 15) is 9.90 Å². The smallest absolute Gasteiger partial charge is 0.336 e. The Morgan fingerprint density at radius 3 is 2.90 bits per heavy atom. The molecule has 0 saturated heterocycles. The summed E-state index contributed by atoms with van der Waals surface area (Å²) in [6, 6.07) is 8.95. The van der Waals surface area contributed by atoms with E-state index in [-0.39, 0.29) is 0 Å². The number of unbranched alkanes of at least 4 members (excludes halogenated alkanes) is 1. The van der Waals surface area contributed by atoms with Crippen LogP contribution in [0, 0.1) is 0 Å². The van der Waals surface area contributed by atoms with Gasteiger partial charge in [0, 0.05) is 19.0 Å². The highest BCUT2D eigenvalue weighted by molar-refractivity contribution is 6.03. The van der Waals surface area contributed by atoms with E-state index in [1.807, 2.05) is 36.2 Å². The molecule has 0 spiro atoms. The third-order valence-electron chi connectivity index (χ3n) is 3.23. The topological polar surface area (TPSA) is 53.4 Å². The van der Waals surface area contributed by atoms with Crippen molar-refractivity contribution in [3.05, 3.63) is 48.6 Å². The van der Waals surface area contributed by atoms with E-state index < -0.39 is 5.97 Å². The highest BCUT2D eigenvalue weighted by Crippen LogP contribution is 2.22. The maximum atomic E-state index is 11.4. The summed E-state index contributed by atoms with van der Waals surface area (Å²) in [6.07, 6.45) is 3.78. The number of carboxylic acids is 1. The van der Waals surface area contributed by atoms with Crippen molar-refractivity contribution in [2.75, 3.05) is 18.5 Å². The molecule has 1 aromatic carbocycles. The first-order valence-electron chi connectivity index (χ1n) is 6.58. The molecule has 0 unspecified atom stereocenters. The molecule has 1 N–H and O–H groups in total. The van der Waals surface area contributed by atoms with E-state index >= 15 is 0 Å². The van der Waals surface area contributed by atoms with Crippen LogP contribution in [0.5, 0.6) is 0 Å². The number of nitrogens with zero attached hydrogens (tertiary/aromatic N) is 2. The number of aromatic nitrogens is 1. The molecule has 0 saturated carbocycles. The first kappa shape index (κ1) is 14.1. The summed E-state index contributed by atoms with van der Waals surface area (Å²) in [5, 5.41) is 10.0. The second-order valence-corrected chi connectivity index (χ2v) is 4.70. The predicted molar refractivity (Wildman–Crippen MR) is 81.4 cm³/mol. The average Bonchev–Trinajstić information content (AvgIpc) is 2.46. The van der Waals surface area contributed by atoms with E-state index in [2.05, 4.69) is 11.6 Å². The molecule has 0 atom stereocenters. The van der Waals surface area contributed by atoms with Crippen molar-refractivity contribution in [1.82, 2.24) is 4.98 Å². The zero-order valence-electron chi connectivity index (χ0n) is 11.5. The number of aromatic carboxylic acids is 1. The van der Waals surface area contributed by atoms with Crippen LogP contribution in [0.15, 0.2) is 43.0 Å². The van der Waals surface area contributed by atoms with Gasteiger partial charge in [0.05, 0.1) is 11.1 Å². The molecule has 0 fully saturated rings. The number of carbonyl (C=O) groups is 1. The van der Waals surface area contributed by atoms with Crippen molar-refractivity contribution in [2.45, 2.75) is 12.8 Å². The standard InChI is InChI=1S/C16H18N2O2/c1-3-4-7-10-18(2)15-11-13(16(19)20)12-8-5-6-9-14(12)17-15/h3,5-6,8-9,11H,1,4,7,10H2,2H3,(H,19,20). The van der Waals surface area contributed by atoms with Gasteiger partial charge in [-0.2, -0.15) is 0 Å². The second kappa shape index (κ2) is 6.19. The van der Waals surface area contributed by atoms with Crippen LogP contribution >= 0.6 is 0 Å². The monoisotopic (exact) mass is 270 g/mol. The van der Waals surface area contributed by atoms with Gasteiger partial charge in [0.25, 0.3) is 0 Å². The molecule has 0 aliphatic rings. The fraction of sp³-hybridized carbons (Fsp3) is 0.250. The van der Waals surface area contributed by atoms with Crippen molar-refractivity contribution in [3.8, 4) is 0 Å². The molecule has 2 aromatic rings. The number of allylic oxidation sites excluding steroid dienone is 1. The van der Waals surface area contributed by atoms with Crippen LogP contribution in [-0.2, 0) is 0 Å². The zero-order valence-corrected chi connectivity index (χ0v) is 11.5. The Kier molecular flexibility index (Phi) is 4.35. The van der Waals surface area contributed by atoms with Crippen molar-refractivity contribution < 1.29 is 9.90 Å². The Hall–Kier alpha value is -2.36. The summed E-state index contributed by atoms with van der Waals surface area (Å²) in [4.78, 5) is 17.9. The van der Waals surface area contributed by atoms with Gasteiger partial charge in [-0.1, -0.05) is 24.3 Å². The summed E-state index contributed by atoms with van der Waals surface area (Å²) >= 11 is 0. The van der Waals surface area contributed by atoms with Crippen LogP contribution in [0.1, 0.15) is 23.2 Å². The van der Waals surface area contributed by atoms with Gasteiger partial charge >= 0.3 is 5.97 Å². The highest BCUT2D eigenvalue weighted by Gasteiger charge is 2.13. The van der Waals surface area contributed by atoms with Gasteiger partial charge in [-0.25, -0.2) is 9.78 Å². The molecule has 0 radical (unpaired) electrons. The SMILES string of the molecule is C=CCCCN(C)c1cc(C(=O)O)c2ccccc2n1. The predicted octanol–water partition coefficient (Wildman–Crippen LogP) is 3.34. The van der Waals surface area contributed by atoms with Crippen LogP contribution in [-0.4, -0.2) is 29.7 Å². The Balaban J connectivity index is 2.39. The Morgan fingerprint density at radius 2 is 2.20 bits per heavy atom. The minimum absolute atomic E-state index is 0.293. The van der Waals surface area contributed by atoms with Crippen molar-refractivity contribution >= 4 is 22.7 Å². The molecule has 2 rings (SSSR count). The Labute approximate surface area is 118 Å². The summed E-state index contributed by atoms with van der Waals surface area (Å²) in [5.41, 5.74) is 0.999. The van der Waals surface area contributed by atoms with Gasteiger partial charge in [0.1, 0.15) is 5.82 Å². The number of hydrogen-bond acceptors (Lipinski definition) is 3. The molecule has 4 nitrogen and oxygen atoms in total. The number of anilines is 1. The van der Waals surface area contributed by atoms with E-state index in [4.69, 9.17) is 0 Å². The Morgan fingerprint density at radius 1 is 1.45 bits per heavy atom. The summed E-state index contributed by atoms with van der Waals surface area (Å²) < 4.78 is 0. The van der Waals surface area contributed by atoms with Crippen LogP contribution in [0.2, 0.25) is 0 Å². The van der Waals surface area contributed by atoms with Crippen LogP contribution < -0.4 is 4.90 Å². The first-order valence-corrected chi connectivity index (χ1v) is 6.58. The molecule has 4 heteroatoms. The number of fused-ring (bicyclic) bond motifs is 1. The lowest BCUT2D eigenvalue weighted by Crippen LogP contribution is -2.20. The average molecular weight is 270 g/mol. The molecular formula is C16H18N2O2. The fourth-order valence-corrected chi connectivity index (χ4v) is 2.12. The molecule has 0 bridgehead atoms. The summed E-state index contributed by atoms with van der Waals surface area (Å²) in [6.45, 7) is 4.51. The van der Waals surface area contributed by atoms with Gasteiger partial charge in [-0.15, -0.1) is 6.58 Å². The lowest BCUT2D eigenvalue weighted by molar-refractivity contribution is 0.0699. The summed E-state index contributed by atoms with van der Waals surface area (Å²) in [7, 11) is 1.92. The van der Waals surface area contributed by atoms with Crippen molar-refractivity contribution in [3.63, 3.8) is 0 Å². The largest absolute Gasteiger partial charge is 0.478 e. The number of hydrogen-bond donors (Lipinski definition) is 1. The number of benzene rings is 1. The van der Waals surface area contributed by atoms with Gasteiger partial charge in [-0.3, -0.25) is 0 Å². The molecule has 0 aliphatic heterocycles. The number of carboxylic acid groups (broad SMARTS) is 1. The van der Waals surface area contributed by atoms with Gasteiger partial charge < -0.3 is 10.0 Å². The minimum Gasteiger partial charge on any atom is -0.478 e. The van der Waals surface area contributed by atoms with E-state index in [0.717, 1.165) is 19.4 Å². The normalized spacial score (nSPS) is 10.4. The van der Waals surface area contributed by atoms with Crippen LogP contribution in [0.4, 0.5) is 5.82 Å². The number of rotatable bonds is 6. The van der Waals surface area contributed by atoms with Gasteiger partial charge in [-0.05, 0) is 25.0 Å². The van der Waals surface area contributed by atoms with E-state index in [0.29, 0.717) is 22.3 Å². The van der Waals surface area contributed by atoms with Gasteiger partial charge in [0.2, 0.25) is 0 Å². The maximum Gasteiger partial charge on any atom is 0.336 e. The lowest BCUT2D eigenvalue weighted by Gasteiger charge is -2.19. The van der Waals surface area contributed by atoms with Crippen LogP contribution in [0.25, 0.3) is 10.9 Å². The molecular weight excluding hydrogens is 252 g/mol. The van der Waals surface area contributed by atoms with Crippen molar-refractivity contribution in [2.24, 2.45) is 0 Å². The zero-order chi connectivity index (χ0) is 14.5. The molecule has 1 aromatic heterocycles. The molecule has 0 amide bonds. The van der Waals surface area contributed by atoms with Crippen LogP contribution in [0.3, 0.4) is 0 Å². The number of para-hydroxylation sites is 1. The number of pyridine rings is 1. The van der Waals surface area contributed by atoms with Crippen molar-refractivity contribution in [1.29, 1.82) is 0 Å². The quantitative estimate of drug-likeness (QED) is 0.646. The van der Waals surface area contributed by atoms with Gasteiger partial charge in [0.15, 0.2) is 0 Å². The maximum absolute atomic E-state index is 11.4. The Bertz CT molecular complexity index is 637. The first-order chi connectivity index (χ1) is 9.63. The molecule has 20 heavy (non-hydrogen) atoms. The minimum atomic E-state index is -0.927. The second-order valence-electron chi connectivity index (χ2n) is 4.70. The summed E-state index contributed by atoms with van der Waals surface area (Å²) in [5.74, 6) is -0.241. The third-order valence-corrected chi connectivity index (χ3v) is 3.23. The van der Waals surface area contributed by atoms with E-state index in [1.54, 1.807) is 12.1 Å². The molecule has 1 heterocycles. The fourth-order valence-electron chi connectivity index (χ4n) is 2.12. The highest BCUT2D eigenvalue weighted by atomic mass is 16.4. The molecule has 0 aliphatic carbocycles. The third kappa shape index (κ3) is 2.96. The van der Waals surface area contributed by atoms with E-state index in [1.165, 1.54) is 0 Å². The molecule has 104 valence electrons. The lowest BCUT2D eigenvalue weighted by atomic mass is 10.1.